The Morgan fingerprint density at radius 3 is 2.52 bits per heavy atom. The van der Waals surface area contributed by atoms with Crippen LogP contribution in [0.25, 0.3) is 0 Å². The molecule has 1 aromatic rings. The van der Waals surface area contributed by atoms with Gasteiger partial charge < -0.3 is 10.2 Å². The molecule has 0 aliphatic carbocycles. The Morgan fingerprint density at radius 2 is 2.00 bits per heavy atom. The lowest BCUT2D eigenvalue weighted by Crippen LogP contribution is -2.41. The molecule has 0 amide bonds. The fourth-order valence-corrected chi connectivity index (χ4v) is 3.25. The lowest BCUT2D eigenvalue weighted by molar-refractivity contribution is 0.174. The molecule has 1 aromatic carbocycles. The summed E-state index contributed by atoms with van der Waals surface area (Å²) in [6.45, 7) is 7.89. The van der Waals surface area contributed by atoms with Crippen molar-refractivity contribution >= 4 is 15.9 Å². The molecule has 2 atom stereocenters. The summed E-state index contributed by atoms with van der Waals surface area (Å²) < 4.78 is 1.15. The maximum atomic E-state index is 3.56. The van der Waals surface area contributed by atoms with Crippen molar-refractivity contribution in [3.05, 3.63) is 34.3 Å². The molecular weight excluding hydrogens is 326 g/mol. The van der Waals surface area contributed by atoms with Gasteiger partial charge in [0.1, 0.15) is 0 Å². The van der Waals surface area contributed by atoms with Gasteiger partial charge in [-0.05, 0) is 58.7 Å². The third-order valence-corrected chi connectivity index (χ3v) is 4.46. The van der Waals surface area contributed by atoms with Crippen molar-refractivity contribution in [2.45, 2.75) is 32.4 Å². The van der Waals surface area contributed by atoms with Gasteiger partial charge >= 0.3 is 0 Å². The van der Waals surface area contributed by atoms with E-state index in [1.807, 2.05) is 7.05 Å². The van der Waals surface area contributed by atoms with Crippen LogP contribution >= 0.6 is 15.9 Å². The van der Waals surface area contributed by atoms with E-state index in [0.717, 1.165) is 30.5 Å². The first-order valence-corrected chi connectivity index (χ1v) is 8.58. The second-order valence-electron chi connectivity index (χ2n) is 5.92. The summed E-state index contributed by atoms with van der Waals surface area (Å²) in [7, 11) is 6.33. The summed E-state index contributed by atoms with van der Waals surface area (Å²) in [5.74, 6) is 0. The zero-order valence-electron chi connectivity index (χ0n) is 14.1. The minimum absolute atomic E-state index is 0.406. The number of hydrogen-bond acceptors (Lipinski definition) is 3. The number of halogens is 1. The molecule has 21 heavy (non-hydrogen) atoms. The highest BCUT2D eigenvalue weighted by molar-refractivity contribution is 9.10. The molecule has 1 N–H and O–H groups in total. The van der Waals surface area contributed by atoms with Crippen molar-refractivity contribution in [3.8, 4) is 0 Å². The number of nitrogens with one attached hydrogen (secondary N) is 1. The van der Waals surface area contributed by atoms with Crippen LogP contribution < -0.4 is 5.32 Å². The van der Waals surface area contributed by atoms with Crippen LogP contribution in [0.5, 0.6) is 0 Å². The lowest BCUT2D eigenvalue weighted by Gasteiger charge is -2.31. The molecule has 0 bridgehead atoms. The van der Waals surface area contributed by atoms with E-state index in [1.54, 1.807) is 0 Å². The fraction of sp³-hybridized carbons (Fsp3) is 0.647. The van der Waals surface area contributed by atoms with Gasteiger partial charge in [0, 0.05) is 29.6 Å². The van der Waals surface area contributed by atoms with Crippen LogP contribution in [0.2, 0.25) is 0 Å². The standard InChI is InChI=1S/C17H30BrN3/c1-6-21(14(2)13-20(4)5)11-10-17(19-3)15-8-7-9-16(18)12-15/h7-9,12,14,17,19H,6,10-11,13H2,1-5H3. The third kappa shape index (κ3) is 6.47. The Kier molecular flexibility index (Phi) is 8.49. The summed E-state index contributed by atoms with van der Waals surface area (Å²) in [4.78, 5) is 4.82. The van der Waals surface area contributed by atoms with Crippen molar-refractivity contribution < 1.29 is 0 Å². The zero-order chi connectivity index (χ0) is 15.8. The minimum Gasteiger partial charge on any atom is -0.313 e. The lowest BCUT2D eigenvalue weighted by atomic mass is 10.0. The maximum Gasteiger partial charge on any atom is 0.0330 e. The van der Waals surface area contributed by atoms with Crippen molar-refractivity contribution in [3.63, 3.8) is 0 Å². The van der Waals surface area contributed by atoms with E-state index in [9.17, 15) is 0 Å². The quantitative estimate of drug-likeness (QED) is 0.732. The largest absolute Gasteiger partial charge is 0.313 e. The van der Waals surface area contributed by atoms with Crippen LogP contribution in [0.4, 0.5) is 0 Å². The molecule has 3 nitrogen and oxygen atoms in total. The molecule has 0 fully saturated rings. The predicted molar refractivity (Wildman–Crippen MR) is 95.8 cm³/mol. The smallest absolute Gasteiger partial charge is 0.0330 e. The zero-order valence-corrected chi connectivity index (χ0v) is 15.7. The normalized spacial score (nSPS) is 14.7. The number of benzene rings is 1. The molecule has 0 aliphatic rings. The van der Waals surface area contributed by atoms with E-state index in [0.29, 0.717) is 12.1 Å². The summed E-state index contributed by atoms with van der Waals surface area (Å²) in [5, 5.41) is 3.45. The van der Waals surface area contributed by atoms with Crippen molar-refractivity contribution in [1.82, 2.24) is 15.1 Å². The highest BCUT2D eigenvalue weighted by Gasteiger charge is 2.16. The fourth-order valence-electron chi connectivity index (χ4n) is 2.83. The number of nitrogens with zero attached hydrogens (tertiary/aromatic N) is 2. The molecule has 2 unspecified atom stereocenters. The molecule has 4 heteroatoms. The van der Waals surface area contributed by atoms with Gasteiger partial charge in [-0.25, -0.2) is 0 Å². The van der Waals surface area contributed by atoms with Crippen LogP contribution in [0.1, 0.15) is 31.9 Å². The molecule has 0 aromatic heterocycles. The topological polar surface area (TPSA) is 18.5 Å². The van der Waals surface area contributed by atoms with E-state index in [1.165, 1.54) is 5.56 Å². The van der Waals surface area contributed by atoms with Gasteiger partial charge in [0.15, 0.2) is 0 Å². The monoisotopic (exact) mass is 355 g/mol. The van der Waals surface area contributed by atoms with Crippen molar-refractivity contribution in [2.24, 2.45) is 0 Å². The number of hydrogen-bond donors (Lipinski definition) is 1. The van der Waals surface area contributed by atoms with Crippen LogP contribution in [0.15, 0.2) is 28.7 Å². The highest BCUT2D eigenvalue weighted by Crippen LogP contribution is 2.21. The van der Waals surface area contributed by atoms with E-state index in [-0.39, 0.29) is 0 Å². The van der Waals surface area contributed by atoms with E-state index in [4.69, 9.17) is 0 Å². The Balaban J connectivity index is 2.60. The molecule has 0 saturated heterocycles. The maximum absolute atomic E-state index is 3.56. The average Bonchev–Trinajstić information content (AvgIpc) is 2.42. The molecule has 0 aliphatic heterocycles. The van der Waals surface area contributed by atoms with Gasteiger partial charge in [-0.2, -0.15) is 0 Å². The summed E-state index contributed by atoms with van der Waals surface area (Å²) in [5.41, 5.74) is 1.35. The van der Waals surface area contributed by atoms with Crippen LogP contribution in [-0.2, 0) is 0 Å². The Bertz CT molecular complexity index is 409. The molecular formula is C17H30BrN3. The van der Waals surface area contributed by atoms with Gasteiger partial charge in [0.25, 0.3) is 0 Å². The van der Waals surface area contributed by atoms with Crippen LogP contribution in [0, 0.1) is 0 Å². The first kappa shape index (κ1) is 18.6. The molecule has 0 spiro atoms. The first-order valence-electron chi connectivity index (χ1n) is 7.79. The van der Waals surface area contributed by atoms with Gasteiger partial charge in [-0.3, -0.25) is 4.90 Å². The molecule has 0 radical (unpaired) electrons. The van der Waals surface area contributed by atoms with Gasteiger partial charge in [0.2, 0.25) is 0 Å². The van der Waals surface area contributed by atoms with Crippen LogP contribution in [-0.4, -0.2) is 56.6 Å². The van der Waals surface area contributed by atoms with Gasteiger partial charge in [0.05, 0.1) is 0 Å². The average molecular weight is 356 g/mol. The number of rotatable bonds is 9. The number of likely N-dealkylation sites (N-methyl/N-ethyl adjacent to an activating group) is 2. The predicted octanol–water partition coefficient (Wildman–Crippen LogP) is 3.37. The van der Waals surface area contributed by atoms with Crippen molar-refractivity contribution in [2.75, 3.05) is 40.8 Å². The van der Waals surface area contributed by atoms with Crippen LogP contribution in [0.3, 0.4) is 0 Å². The Hall–Kier alpha value is -0.420. The van der Waals surface area contributed by atoms with Gasteiger partial charge in [-0.1, -0.05) is 35.0 Å². The SMILES string of the molecule is CCN(CCC(NC)c1cccc(Br)c1)C(C)CN(C)C. The van der Waals surface area contributed by atoms with Gasteiger partial charge in [-0.15, -0.1) is 0 Å². The minimum atomic E-state index is 0.406. The first-order chi connectivity index (χ1) is 9.97. The Morgan fingerprint density at radius 1 is 1.29 bits per heavy atom. The highest BCUT2D eigenvalue weighted by atomic mass is 79.9. The summed E-state index contributed by atoms with van der Waals surface area (Å²) >= 11 is 3.56. The molecule has 120 valence electrons. The molecule has 0 saturated carbocycles. The molecule has 1 rings (SSSR count). The second-order valence-corrected chi connectivity index (χ2v) is 6.84. The summed E-state index contributed by atoms with van der Waals surface area (Å²) in [6, 6.07) is 9.59. The third-order valence-electron chi connectivity index (χ3n) is 3.96. The van der Waals surface area contributed by atoms with Crippen molar-refractivity contribution in [1.29, 1.82) is 0 Å². The van der Waals surface area contributed by atoms with E-state index in [2.05, 4.69) is 83.3 Å². The Labute approximate surface area is 138 Å². The molecule has 0 heterocycles. The second kappa shape index (κ2) is 9.57. The van der Waals surface area contributed by atoms with E-state index < -0.39 is 0 Å². The van der Waals surface area contributed by atoms with E-state index >= 15 is 0 Å². The summed E-state index contributed by atoms with van der Waals surface area (Å²) in [6.07, 6.45) is 1.12.